The van der Waals surface area contributed by atoms with E-state index in [1.807, 2.05) is 0 Å². The first-order chi connectivity index (χ1) is 23.9. The number of halogens is 2. The van der Waals surface area contributed by atoms with Crippen molar-refractivity contribution in [1.29, 1.82) is 0 Å². The van der Waals surface area contributed by atoms with Gasteiger partial charge in [-0.05, 0) is 60.0 Å². The van der Waals surface area contributed by atoms with Gasteiger partial charge in [-0.15, -0.1) is 11.8 Å². The number of amides is 2. The van der Waals surface area contributed by atoms with Gasteiger partial charge in [-0.25, -0.2) is 28.3 Å². The molecule has 2 amide bonds. The maximum atomic E-state index is 14.9. The molecule has 15 nitrogen and oxygen atoms in total. The minimum atomic E-state index is -1.49. The van der Waals surface area contributed by atoms with Gasteiger partial charge < -0.3 is 38.5 Å². The van der Waals surface area contributed by atoms with Crippen molar-refractivity contribution >= 4 is 59.4 Å². The minimum absolute atomic E-state index is 0.00968. The maximum Gasteiger partial charge on any atom is 0.337 e. The smallest absolute Gasteiger partial charge is 0.337 e. The molecular formula is C32H31F2N9O6S. The van der Waals surface area contributed by atoms with E-state index in [2.05, 4.69) is 21.0 Å². The Bertz CT molecular complexity index is 1980. The quantitative estimate of drug-likeness (QED) is 0.0458. The number of nitrogens with zero attached hydrogens (tertiary/aromatic N) is 4. The fourth-order valence-corrected chi connectivity index (χ4v) is 5.00. The third kappa shape index (κ3) is 10.4. The lowest BCUT2D eigenvalue weighted by atomic mass is 10.1. The van der Waals surface area contributed by atoms with Gasteiger partial charge in [0.1, 0.15) is 35.9 Å². The molecule has 2 aromatic heterocycles. The largest absolute Gasteiger partial charge is 0.478 e. The summed E-state index contributed by atoms with van der Waals surface area (Å²) in [5.74, 6) is -4.72. The highest BCUT2D eigenvalue weighted by Crippen LogP contribution is 2.29. The van der Waals surface area contributed by atoms with Gasteiger partial charge in [0.25, 0.3) is 5.91 Å². The number of anilines is 1. The molecule has 0 saturated heterocycles. The van der Waals surface area contributed by atoms with Crippen LogP contribution in [0.25, 0.3) is 17.7 Å². The number of allylic oxidation sites excluding steroid dienone is 4. The zero-order chi connectivity index (χ0) is 36.8. The zero-order valence-corrected chi connectivity index (χ0v) is 26.8. The number of nitrogens with two attached hydrogens (primary N) is 4. The van der Waals surface area contributed by atoms with Crippen LogP contribution in [0, 0.1) is 11.6 Å². The summed E-state index contributed by atoms with van der Waals surface area (Å²) in [4.78, 5) is 52.7. The van der Waals surface area contributed by atoms with Gasteiger partial charge in [0.05, 0.1) is 22.5 Å². The summed E-state index contributed by atoms with van der Waals surface area (Å²) in [5, 5.41) is 21.5. The Morgan fingerprint density at radius 1 is 0.860 bits per heavy atom. The van der Waals surface area contributed by atoms with Crippen molar-refractivity contribution in [2.75, 3.05) is 11.1 Å². The van der Waals surface area contributed by atoms with Crippen molar-refractivity contribution < 1.29 is 38.2 Å². The Balaban J connectivity index is 0.00000217. The minimum Gasteiger partial charge on any atom is -0.478 e. The molecule has 0 unspecified atom stereocenters. The van der Waals surface area contributed by atoms with Gasteiger partial charge in [0, 0.05) is 35.4 Å². The number of benzene rings is 2. The van der Waals surface area contributed by atoms with E-state index in [1.165, 1.54) is 70.6 Å². The SMILES string of the molecule is N/C(=C\C=C(/N)n1ccnc1)C(=O)Nc1cc(CCSc2cc(/C=C/C=C(\N)n3ccnc3)c(C(=O)O)cc2F)c(F)cc1C(=O)O.NC=O. The highest BCUT2D eigenvalue weighted by molar-refractivity contribution is 7.99. The first-order valence-electron chi connectivity index (χ1n) is 14.1. The van der Waals surface area contributed by atoms with Crippen LogP contribution in [-0.4, -0.2) is 59.3 Å². The number of carboxylic acids is 2. The number of aromatic carboxylic acids is 2. The van der Waals surface area contributed by atoms with Crippen LogP contribution >= 0.6 is 11.8 Å². The number of thioether (sulfide) groups is 1. The number of hydrogen-bond acceptors (Lipinski definition) is 10. The topological polar surface area (TPSA) is 260 Å². The molecule has 260 valence electrons. The number of rotatable bonds is 13. The molecule has 0 bridgehead atoms. The van der Waals surface area contributed by atoms with E-state index in [1.54, 1.807) is 12.4 Å². The summed E-state index contributed by atoms with van der Waals surface area (Å²) >= 11 is 0.988. The number of carbonyl (C=O) groups is 4. The number of primary amides is 1. The summed E-state index contributed by atoms with van der Waals surface area (Å²) < 4.78 is 32.8. The molecule has 2 heterocycles. The molecule has 0 spiro atoms. The van der Waals surface area contributed by atoms with Crippen molar-refractivity contribution in [3.8, 4) is 0 Å². The fourth-order valence-electron chi connectivity index (χ4n) is 4.06. The van der Waals surface area contributed by atoms with Crippen LogP contribution in [0.5, 0.6) is 0 Å². The van der Waals surface area contributed by atoms with Gasteiger partial charge in [-0.3, -0.25) is 18.7 Å². The Hall–Kier alpha value is -6.69. The second-order valence-electron chi connectivity index (χ2n) is 9.76. The highest BCUT2D eigenvalue weighted by atomic mass is 32.2. The van der Waals surface area contributed by atoms with Crippen molar-refractivity contribution in [3.05, 3.63) is 126 Å². The molecule has 4 rings (SSSR count). The number of aryl methyl sites for hydroxylation is 1. The number of carboxylic acid groups (broad SMARTS) is 2. The lowest BCUT2D eigenvalue weighted by molar-refractivity contribution is -0.113. The zero-order valence-electron chi connectivity index (χ0n) is 25.9. The predicted octanol–water partition coefficient (Wildman–Crippen LogP) is 2.90. The molecule has 0 fully saturated rings. The van der Waals surface area contributed by atoms with Gasteiger partial charge in [-0.2, -0.15) is 0 Å². The molecule has 0 aliphatic carbocycles. The monoisotopic (exact) mass is 707 g/mol. The van der Waals surface area contributed by atoms with E-state index in [0.717, 1.165) is 30.0 Å². The number of imidazole rings is 2. The lowest BCUT2D eigenvalue weighted by Crippen LogP contribution is -2.22. The standard InChI is InChI=1S/C31H28F2N8O5S.CH3NO/c32-22-15-21(31(45)46)25(39-29(42)24(34)4-5-28(36)41-10-8-38-17-41)12-19(22)6-11-47-26-13-18(20(30(43)44)14-23(26)33)2-1-3-27(35)40-9-7-37-16-40;2-1-3/h1-5,7-10,12-17H,6,11,34-36H2,(H,39,42)(H,43,44)(H,45,46);1H,(H2,2,3)/b2-1+,24-4-,27-3+,28-5+;. The van der Waals surface area contributed by atoms with Gasteiger partial charge in [0.15, 0.2) is 0 Å². The molecule has 0 saturated carbocycles. The van der Waals surface area contributed by atoms with E-state index in [-0.39, 0.29) is 57.4 Å². The van der Waals surface area contributed by atoms with E-state index in [0.29, 0.717) is 5.82 Å². The number of aromatic nitrogens is 4. The second kappa shape index (κ2) is 18.0. The summed E-state index contributed by atoms with van der Waals surface area (Å²) in [6.07, 6.45) is 16.4. The van der Waals surface area contributed by atoms with Crippen LogP contribution in [0.15, 0.2) is 96.6 Å². The molecule has 50 heavy (non-hydrogen) atoms. The molecule has 11 N–H and O–H groups in total. The van der Waals surface area contributed by atoms with Crippen molar-refractivity contribution in [3.63, 3.8) is 0 Å². The lowest BCUT2D eigenvalue weighted by Gasteiger charge is -2.13. The van der Waals surface area contributed by atoms with Crippen LogP contribution in [0.2, 0.25) is 0 Å². The van der Waals surface area contributed by atoms with Crippen LogP contribution in [0.4, 0.5) is 14.5 Å². The fraction of sp³-hybridized carbons (Fsp3) is 0.0625. The van der Waals surface area contributed by atoms with E-state index in [4.69, 9.17) is 22.0 Å². The molecule has 0 atom stereocenters. The first-order valence-corrected chi connectivity index (χ1v) is 15.1. The summed E-state index contributed by atoms with van der Waals surface area (Å²) in [6, 6.07) is 4.16. The normalized spacial score (nSPS) is 11.9. The average Bonchev–Trinajstić information content (AvgIpc) is 3.82. The van der Waals surface area contributed by atoms with Gasteiger partial charge in [0.2, 0.25) is 6.41 Å². The van der Waals surface area contributed by atoms with Gasteiger partial charge in [-0.1, -0.05) is 12.2 Å². The highest BCUT2D eigenvalue weighted by Gasteiger charge is 2.19. The Labute approximate surface area is 287 Å². The van der Waals surface area contributed by atoms with Crippen LogP contribution in [0.1, 0.15) is 31.8 Å². The maximum absolute atomic E-state index is 14.9. The van der Waals surface area contributed by atoms with Crippen molar-refractivity contribution in [2.45, 2.75) is 11.3 Å². The third-order valence-electron chi connectivity index (χ3n) is 6.47. The van der Waals surface area contributed by atoms with Crippen molar-refractivity contribution in [1.82, 2.24) is 19.1 Å². The van der Waals surface area contributed by atoms with E-state index in [9.17, 15) is 33.4 Å². The number of hydrogen-bond donors (Lipinski definition) is 7. The molecule has 0 radical (unpaired) electrons. The van der Waals surface area contributed by atoms with Crippen LogP contribution in [0.3, 0.4) is 0 Å². The Morgan fingerprint density at radius 2 is 1.44 bits per heavy atom. The first kappa shape index (κ1) is 37.8. The molecule has 2 aromatic carbocycles. The summed E-state index contributed by atoms with van der Waals surface area (Å²) in [5.41, 5.74) is 20.8. The molecular weight excluding hydrogens is 676 g/mol. The predicted molar refractivity (Wildman–Crippen MR) is 183 cm³/mol. The van der Waals surface area contributed by atoms with Crippen LogP contribution in [-0.2, 0) is 16.0 Å². The number of nitrogens with one attached hydrogen (secondary N) is 1. The molecule has 4 aromatic rings. The van der Waals surface area contributed by atoms with E-state index < -0.39 is 35.0 Å². The van der Waals surface area contributed by atoms with E-state index >= 15 is 0 Å². The summed E-state index contributed by atoms with van der Waals surface area (Å²) in [6.45, 7) is 0. The Kier molecular flexibility index (Phi) is 13.6. The van der Waals surface area contributed by atoms with Crippen molar-refractivity contribution in [2.24, 2.45) is 22.9 Å². The van der Waals surface area contributed by atoms with Gasteiger partial charge >= 0.3 is 11.9 Å². The third-order valence-corrected chi connectivity index (χ3v) is 7.50. The molecule has 0 aliphatic heterocycles. The molecule has 18 heteroatoms. The number of carbonyl (C=O) groups excluding carboxylic acids is 2. The second-order valence-corrected chi connectivity index (χ2v) is 10.9. The van der Waals surface area contributed by atoms with Crippen LogP contribution < -0.4 is 28.3 Å². The Morgan fingerprint density at radius 3 is 2.00 bits per heavy atom. The average molecular weight is 708 g/mol. The molecule has 0 aliphatic rings. The summed E-state index contributed by atoms with van der Waals surface area (Å²) in [7, 11) is 0.